The fraction of sp³-hybridized carbons (Fsp3) is 1.00. The molecular formula is C10H21NO2S. The summed E-state index contributed by atoms with van der Waals surface area (Å²) in [4.78, 5) is 0. The van der Waals surface area contributed by atoms with Gasteiger partial charge in [-0.25, -0.2) is 8.42 Å². The summed E-state index contributed by atoms with van der Waals surface area (Å²) in [7, 11) is -2.82. The molecule has 1 fully saturated rings. The van der Waals surface area contributed by atoms with E-state index in [0.717, 1.165) is 0 Å². The molecule has 84 valence electrons. The van der Waals surface area contributed by atoms with Gasteiger partial charge in [0.05, 0.1) is 5.75 Å². The molecule has 0 saturated heterocycles. The lowest BCUT2D eigenvalue weighted by Gasteiger charge is -2.36. The van der Waals surface area contributed by atoms with Crippen LogP contribution < -0.4 is 5.32 Å². The van der Waals surface area contributed by atoms with E-state index in [4.69, 9.17) is 0 Å². The highest BCUT2D eigenvalue weighted by Crippen LogP contribution is 2.22. The molecule has 1 aliphatic rings. The predicted molar refractivity (Wildman–Crippen MR) is 59.2 cm³/mol. The van der Waals surface area contributed by atoms with Crippen molar-refractivity contribution >= 4 is 9.84 Å². The van der Waals surface area contributed by atoms with Crippen molar-refractivity contribution in [3.63, 3.8) is 0 Å². The predicted octanol–water partition coefficient (Wildman–Crippen LogP) is 1.34. The number of rotatable bonds is 5. The van der Waals surface area contributed by atoms with Crippen LogP contribution in [0.25, 0.3) is 0 Å². The minimum atomic E-state index is -2.82. The Morgan fingerprint density at radius 3 is 2.29 bits per heavy atom. The molecule has 0 spiro atoms. The first-order chi connectivity index (χ1) is 6.29. The van der Waals surface area contributed by atoms with E-state index >= 15 is 0 Å². The van der Waals surface area contributed by atoms with Gasteiger partial charge in [0.2, 0.25) is 0 Å². The molecule has 0 aliphatic heterocycles. The molecule has 0 aromatic carbocycles. The summed E-state index contributed by atoms with van der Waals surface area (Å²) in [6.07, 6.45) is 5.78. The molecule has 0 aromatic rings. The second kappa shape index (κ2) is 4.19. The standard InChI is InChI=1S/C10H21NO2S/c1-10(2,7-8-14(3,12)13)11-9-5-4-6-9/h9,11H,4-8H2,1-3H3. The summed E-state index contributed by atoms with van der Waals surface area (Å²) in [5.41, 5.74) is -0.0475. The Kier molecular flexibility index (Phi) is 3.58. The zero-order valence-electron chi connectivity index (χ0n) is 9.34. The highest BCUT2D eigenvalue weighted by Gasteiger charge is 2.26. The lowest BCUT2D eigenvalue weighted by Crippen LogP contribution is -2.49. The first-order valence-corrected chi connectivity index (χ1v) is 7.30. The summed E-state index contributed by atoms with van der Waals surface area (Å²) in [6.45, 7) is 4.16. The van der Waals surface area contributed by atoms with Gasteiger partial charge in [0.1, 0.15) is 9.84 Å². The molecular weight excluding hydrogens is 198 g/mol. The van der Waals surface area contributed by atoms with E-state index < -0.39 is 9.84 Å². The zero-order chi connectivity index (χ0) is 10.8. The minimum absolute atomic E-state index is 0.0475. The largest absolute Gasteiger partial charge is 0.309 e. The van der Waals surface area contributed by atoms with Crippen molar-refractivity contribution in [1.29, 1.82) is 0 Å². The minimum Gasteiger partial charge on any atom is -0.309 e. The van der Waals surface area contributed by atoms with Crippen LogP contribution in [0.15, 0.2) is 0 Å². The highest BCUT2D eigenvalue weighted by molar-refractivity contribution is 7.90. The Morgan fingerprint density at radius 1 is 1.36 bits per heavy atom. The monoisotopic (exact) mass is 219 g/mol. The van der Waals surface area contributed by atoms with Gasteiger partial charge in [-0.3, -0.25) is 0 Å². The van der Waals surface area contributed by atoms with E-state index in [-0.39, 0.29) is 11.3 Å². The molecule has 0 amide bonds. The summed E-state index contributed by atoms with van der Waals surface area (Å²) < 4.78 is 22.0. The van der Waals surface area contributed by atoms with E-state index in [1.54, 1.807) is 0 Å². The summed E-state index contributed by atoms with van der Waals surface area (Å²) in [6, 6.07) is 0.615. The molecule has 1 aliphatic carbocycles. The van der Waals surface area contributed by atoms with Crippen molar-refractivity contribution < 1.29 is 8.42 Å². The Bertz CT molecular complexity index is 278. The Balaban J connectivity index is 2.32. The van der Waals surface area contributed by atoms with Gasteiger partial charge in [0.25, 0.3) is 0 Å². The molecule has 0 heterocycles. The molecule has 0 atom stereocenters. The van der Waals surface area contributed by atoms with Crippen molar-refractivity contribution in [3.8, 4) is 0 Å². The number of hydrogen-bond acceptors (Lipinski definition) is 3. The smallest absolute Gasteiger partial charge is 0.147 e. The van der Waals surface area contributed by atoms with Crippen LogP contribution in [0.1, 0.15) is 39.5 Å². The number of sulfone groups is 1. The van der Waals surface area contributed by atoms with E-state index in [1.165, 1.54) is 25.5 Å². The third-order valence-corrected chi connectivity index (χ3v) is 3.74. The first kappa shape index (κ1) is 12.0. The molecule has 0 radical (unpaired) electrons. The van der Waals surface area contributed by atoms with Gasteiger partial charge in [-0.2, -0.15) is 0 Å². The molecule has 14 heavy (non-hydrogen) atoms. The summed E-state index contributed by atoms with van der Waals surface area (Å²) in [5.74, 6) is 0.277. The van der Waals surface area contributed by atoms with Crippen molar-refractivity contribution in [2.45, 2.75) is 51.1 Å². The van der Waals surface area contributed by atoms with Crippen molar-refractivity contribution in [2.24, 2.45) is 0 Å². The van der Waals surface area contributed by atoms with Crippen molar-refractivity contribution in [1.82, 2.24) is 5.32 Å². The maximum absolute atomic E-state index is 11.0. The van der Waals surface area contributed by atoms with E-state index in [1.807, 2.05) is 0 Å². The van der Waals surface area contributed by atoms with Crippen molar-refractivity contribution in [2.75, 3.05) is 12.0 Å². The Hall–Kier alpha value is -0.0900. The fourth-order valence-electron chi connectivity index (χ4n) is 1.62. The SMILES string of the molecule is CC(C)(CCS(C)(=O)=O)NC1CCC1. The molecule has 0 bridgehead atoms. The average Bonchev–Trinajstić information content (AvgIpc) is 1.93. The average molecular weight is 219 g/mol. The van der Waals surface area contributed by atoms with E-state index in [0.29, 0.717) is 12.5 Å². The lowest BCUT2D eigenvalue weighted by molar-refractivity contribution is 0.247. The van der Waals surface area contributed by atoms with Crippen LogP contribution in [-0.2, 0) is 9.84 Å². The maximum Gasteiger partial charge on any atom is 0.147 e. The normalized spacial score (nSPS) is 19.4. The second-order valence-electron chi connectivity index (χ2n) is 5.04. The highest BCUT2D eigenvalue weighted by atomic mass is 32.2. The fourth-order valence-corrected chi connectivity index (χ4v) is 2.50. The van der Waals surface area contributed by atoms with Crippen LogP contribution in [0.5, 0.6) is 0 Å². The number of nitrogens with one attached hydrogen (secondary N) is 1. The zero-order valence-corrected chi connectivity index (χ0v) is 10.2. The van der Waals surface area contributed by atoms with Gasteiger partial charge >= 0.3 is 0 Å². The molecule has 1 N–H and O–H groups in total. The van der Waals surface area contributed by atoms with Gasteiger partial charge in [0, 0.05) is 17.8 Å². The van der Waals surface area contributed by atoms with Gasteiger partial charge in [0.15, 0.2) is 0 Å². The van der Waals surface area contributed by atoms with Gasteiger partial charge < -0.3 is 5.32 Å². The molecule has 3 nitrogen and oxygen atoms in total. The Morgan fingerprint density at radius 2 is 1.93 bits per heavy atom. The van der Waals surface area contributed by atoms with Crippen LogP contribution in [0, 0.1) is 0 Å². The van der Waals surface area contributed by atoms with Crippen LogP contribution in [0.2, 0.25) is 0 Å². The maximum atomic E-state index is 11.0. The molecule has 0 aromatic heterocycles. The van der Waals surface area contributed by atoms with E-state index in [2.05, 4.69) is 19.2 Å². The Labute approximate surface area is 87.2 Å². The lowest BCUT2D eigenvalue weighted by atomic mass is 9.89. The van der Waals surface area contributed by atoms with Crippen LogP contribution in [0.3, 0.4) is 0 Å². The summed E-state index contributed by atoms with van der Waals surface area (Å²) in [5, 5.41) is 3.50. The second-order valence-corrected chi connectivity index (χ2v) is 7.30. The van der Waals surface area contributed by atoms with Crippen LogP contribution in [0.4, 0.5) is 0 Å². The third-order valence-electron chi connectivity index (χ3n) is 2.80. The number of hydrogen-bond donors (Lipinski definition) is 1. The van der Waals surface area contributed by atoms with Gasteiger partial charge in [-0.1, -0.05) is 6.42 Å². The quantitative estimate of drug-likeness (QED) is 0.759. The first-order valence-electron chi connectivity index (χ1n) is 5.24. The van der Waals surface area contributed by atoms with Gasteiger partial charge in [-0.05, 0) is 33.1 Å². The van der Waals surface area contributed by atoms with Crippen molar-refractivity contribution in [3.05, 3.63) is 0 Å². The molecule has 1 rings (SSSR count). The molecule has 0 unspecified atom stereocenters. The van der Waals surface area contributed by atoms with Crippen LogP contribution in [-0.4, -0.2) is 32.0 Å². The van der Waals surface area contributed by atoms with Crippen LogP contribution >= 0.6 is 0 Å². The topological polar surface area (TPSA) is 46.2 Å². The molecule has 4 heteroatoms. The molecule has 1 saturated carbocycles. The summed E-state index contributed by atoms with van der Waals surface area (Å²) >= 11 is 0. The van der Waals surface area contributed by atoms with E-state index in [9.17, 15) is 8.42 Å². The van der Waals surface area contributed by atoms with Gasteiger partial charge in [-0.15, -0.1) is 0 Å². The third kappa shape index (κ3) is 4.42.